The lowest BCUT2D eigenvalue weighted by atomic mass is 9.96. The molecule has 0 amide bonds. The zero-order valence-corrected chi connectivity index (χ0v) is 9.20. The van der Waals surface area contributed by atoms with Gasteiger partial charge in [-0.2, -0.15) is 0 Å². The molecule has 0 saturated carbocycles. The Morgan fingerprint density at radius 3 is 2.76 bits per heavy atom. The number of hydrogen-bond acceptors (Lipinski definition) is 4. The molecule has 0 bridgehead atoms. The maximum atomic E-state index is 10.9. The standard InChI is InChI=1S/C11H14N2O4/c12-5-4-9(11(14)15)6-8-2-1-3-10(7-8)13(16)17/h1-3,7,9H,4-6,12H2,(H,14,15). The molecule has 1 aromatic rings. The molecule has 1 rings (SSSR count). The molecule has 0 aromatic heterocycles. The summed E-state index contributed by atoms with van der Waals surface area (Å²) in [5.41, 5.74) is 5.94. The molecular formula is C11H14N2O4. The van der Waals surface area contributed by atoms with E-state index in [4.69, 9.17) is 10.8 Å². The summed E-state index contributed by atoms with van der Waals surface area (Å²) in [5.74, 6) is -1.52. The van der Waals surface area contributed by atoms with Gasteiger partial charge in [0.05, 0.1) is 10.8 Å². The van der Waals surface area contributed by atoms with Gasteiger partial charge in [0.25, 0.3) is 5.69 Å². The third kappa shape index (κ3) is 3.84. The van der Waals surface area contributed by atoms with Crippen molar-refractivity contribution >= 4 is 11.7 Å². The molecule has 1 atom stereocenters. The fourth-order valence-electron chi connectivity index (χ4n) is 1.60. The number of hydrogen-bond donors (Lipinski definition) is 2. The van der Waals surface area contributed by atoms with Gasteiger partial charge in [-0.15, -0.1) is 0 Å². The monoisotopic (exact) mass is 238 g/mol. The van der Waals surface area contributed by atoms with E-state index in [1.165, 1.54) is 12.1 Å². The van der Waals surface area contributed by atoms with Crippen LogP contribution >= 0.6 is 0 Å². The molecule has 0 fully saturated rings. The SMILES string of the molecule is NCCC(Cc1cccc([N+](=O)[O-])c1)C(=O)O. The first kappa shape index (κ1) is 13.1. The quantitative estimate of drug-likeness (QED) is 0.571. The summed E-state index contributed by atoms with van der Waals surface area (Å²) in [6.07, 6.45) is 0.617. The summed E-state index contributed by atoms with van der Waals surface area (Å²) in [6.45, 7) is 0.284. The second-order valence-corrected chi connectivity index (χ2v) is 3.74. The fraction of sp³-hybridized carbons (Fsp3) is 0.364. The van der Waals surface area contributed by atoms with Gasteiger partial charge in [-0.1, -0.05) is 12.1 Å². The third-order valence-electron chi connectivity index (χ3n) is 2.47. The maximum absolute atomic E-state index is 10.9. The maximum Gasteiger partial charge on any atom is 0.306 e. The Balaban J connectivity index is 2.82. The molecule has 6 heteroatoms. The molecule has 3 N–H and O–H groups in total. The van der Waals surface area contributed by atoms with E-state index in [-0.39, 0.29) is 18.7 Å². The first-order valence-corrected chi connectivity index (χ1v) is 5.20. The zero-order chi connectivity index (χ0) is 12.8. The van der Waals surface area contributed by atoms with Crippen molar-refractivity contribution in [2.75, 3.05) is 6.54 Å². The molecule has 17 heavy (non-hydrogen) atoms. The van der Waals surface area contributed by atoms with Gasteiger partial charge < -0.3 is 10.8 Å². The molecule has 1 aromatic carbocycles. The van der Waals surface area contributed by atoms with E-state index >= 15 is 0 Å². The van der Waals surface area contributed by atoms with E-state index < -0.39 is 16.8 Å². The zero-order valence-electron chi connectivity index (χ0n) is 9.20. The Bertz CT molecular complexity index is 420. The lowest BCUT2D eigenvalue weighted by Crippen LogP contribution is -2.20. The van der Waals surface area contributed by atoms with Crippen molar-refractivity contribution in [2.24, 2.45) is 11.7 Å². The van der Waals surface area contributed by atoms with Crippen molar-refractivity contribution < 1.29 is 14.8 Å². The highest BCUT2D eigenvalue weighted by atomic mass is 16.6. The molecule has 0 spiro atoms. The highest BCUT2D eigenvalue weighted by Gasteiger charge is 2.18. The predicted molar refractivity (Wildman–Crippen MR) is 61.6 cm³/mol. The fourth-order valence-corrected chi connectivity index (χ4v) is 1.60. The van der Waals surface area contributed by atoms with Crippen molar-refractivity contribution in [3.05, 3.63) is 39.9 Å². The van der Waals surface area contributed by atoms with Crippen LogP contribution in [0.5, 0.6) is 0 Å². The van der Waals surface area contributed by atoms with Gasteiger partial charge in [-0.3, -0.25) is 14.9 Å². The van der Waals surface area contributed by atoms with Crippen LogP contribution in [-0.2, 0) is 11.2 Å². The van der Waals surface area contributed by atoms with Gasteiger partial charge in [0.15, 0.2) is 0 Å². The lowest BCUT2D eigenvalue weighted by molar-refractivity contribution is -0.384. The number of carbonyl (C=O) groups is 1. The molecule has 0 aliphatic heterocycles. The van der Waals surface area contributed by atoms with Crippen LogP contribution in [0.4, 0.5) is 5.69 Å². The second-order valence-electron chi connectivity index (χ2n) is 3.74. The molecular weight excluding hydrogens is 224 g/mol. The number of rotatable bonds is 6. The number of aliphatic carboxylic acids is 1. The van der Waals surface area contributed by atoms with E-state index in [2.05, 4.69) is 0 Å². The lowest BCUT2D eigenvalue weighted by Gasteiger charge is -2.10. The minimum atomic E-state index is -0.929. The van der Waals surface area contributed by atoms with Crippen LogP contribution in [0.25, 0.3) is 0 Å². The average Bonchev–Trinajstić information content (AvgIpc) is 2.28. The molecule has 0 radical (unpaired) electrons. The molecule has 1 unspecified atom stereocenters. The van der Waals surface area contributed by atoms with Crippen molar-refractivity contribution in [3.63, 3.8) is 0 Å². The third-order valence-corrected chi connectivity index (χ3v) is 2.47. The Morgan fingerprint density at radius 1 is 1.53 bits per heavy atom. The molecule has 92 valence electrons. The van der Waals surface area contributed by atoms with Gasteiger partial charge in [0, 0.05) is 12.1 Å². The van der Waals surface area contributed by atoms with E-state index in [0.29, 0.717) is 12.0 Å². The smallest absolute Gasteiger partial charge is 0.306 e. The van der Waals surface area contributed by atoms with Gasteiger partial charge in [-0.25, -0.2) is 0 Å². The Kier molecular flexibility index (Phi) is 4.59. The largest absolute Gasteiger partial charge is 0.481 e. The molecule has 0 aliphatic carbocycles. The number of non-ortho nitro benzene ring substituents is 1. The highest BCUT2D eigenvalue weighted by Crippen LogP contribution is 2.17. The van der Waals surface area contributed by atoms with Crippen LogP contribution in [0.15, 0.2) is 24.3 Å². The number of nitro groups is 1. The Hall–Kier alpha value is -1.95. The second kappa shape index (κ2) is 5.95. The predicted octanol–water partition coefficient (Wildman–Crippen LogP) is 1.19. The number of carboxylic acids is 1. The first-order valence-electron chi connectivity index (χ1n) is 5.20. The summed E-state index contributed by atoms with van der Waals surface area (Å²) >= 11 is 0. The number of carboxylic acid groups (broad SMARTS) is 1. The van der Waals surface area contributed by atoms with Crippen LogP contribution in [0.2, 0.25) is 0 Å². The van der Waals surface area contributed by atoms with Crippen LogP contribution in [0.3, 0.4) is 0 Å². The van der Waals surface area contributed by atoms with Crippen molar-refractivity contribution in [1.82, 2.24) is 0 Å². The van der Waals surface area contributed by atoms with Crippen LogP contribution in [-0.4, -0.2) is 22.5 Å². The number of nitrogens with zero attached hydrogens (tertiary/aromatic N) is 1. The van der Waals surface area contributed by atoms with Crippen LogP contribution < -0.4 is 5.73 Å². The molecule has 6 nitrogen and oxygen atoms in total. The number of nitro benzene ring substituents is 1. The number of benzene rings is 1. The summed E-state index contributed by atoms with van der Waals surface area (Å²) < 4.78 is 0. The van der Waals surface area contributed by atoms with Crippen LogP contribution in [0, 0.1) is 16.0 Å². The van der Waals surface area contributed by atoms with Crippen molar-refractivity contribution in [2.45, 2.75) is 12.8 Å². The minimum Gasteiger partial charge on any atom is -0.481 e. The van der Waals surface area contributed by atoms with Gasteiger partial charge in [-0.05, 0) is 24.9 Å². The van der Waals surface area contributed by atoms with Crippen molar-refractivity contribution in [1.29, 1.82) is 0 Å². The van der Waals surface area contributed by atoms with E-state index in [1.54, 1.807) is 12.1 Å². The summed E-state index contributed by atoms with van der Waals surface area (Å²) in [6, 6.07) is 6.00. The summed E-state index contributed by atoms with van der Waals surface area (Å²) in [7, 11) is 0. The molecule has 0 saturated heterocycles. The Labute approximate surface area is 98.2 Å². The van der Waals surface area contributed by atoms with Crippen molar-refractivity contribution in [3.8, 4) is 0 Å². The average molecular weight is 238 g/mol. The Morgan fingerprint density at radius 2 is 2.24 bits per heavy atom. The summed E-state index contributed by atoms with van der Waals surface area (Å²) in [5, 5.41) is 19.5. The van der Waals surface area contributed by atoms with Gasteiger partial charge in [0.2, 0.25) is 0 Å². The topological polar surface area (TPSA) is 106 Å². The van der Waals surface area contributed by atoms with E-state index in [1.807, 2.05) is 0 Å². The van der Waals surface area contributed by atoms with Gasteiger partial charge >= 0.3 is 5.97 Å². The first-order chi connectivity index (χ1) is 8.04. The highest BCUT2D eigenvalue weighted by molar-refractivity contribution is 5.70. The van der Waals surface area contributed by atoms with E-state index in [9.17, 15) is 14.9 Å². The normalized spacial score (nSPS) is 12.1. The van der Waals surface area contributed by atoms with Gasteiger partial charge in [0.1, 0.15) is 0 Å². The molecule has 0 aliphatic rings. The van der Waals surface area contributed by atoms with Crippen LogP contribution in [0.1, 0.15) is 12.0 Å². The van der Waals surface area contributed by atoms with E-state index in [0.717, 1.165) is 0 Å². The molecule has 0 heterocycles. The minimum absolute atomic E-state index is 0.0283. The number of nitrogens with two attached hydrogens (primary N) is 1. The summed E-state index contributed by atoms with van der Waals surface area (Å²) in [4.78, 5) is 21.0.